The highest BCUT2D eigenvalue weighted by atomic mass is 16.5. The van der Waals surface area contributed by atoms with E-state index in [2.05, 4.69) is 0 Å². The molecule has 3 aromatic rings. The van der Waals surface area contributed by atoms with Crippen molar-refractivity contribution in [2.45, 2.75) is 6.92 Å². The fourth-order valence-electron chi connectivity index (χ4n) is 2.99. The van der Waals surface area contributed by atoms with Gasteiger partial charge in [-0.15, -0.1) is 0 Å². The molecule has 0 aliphatic rings. The lowest BCUT2D eigenvalue weighted by atomic mass is 10.0. The summed E-state index contributed by atoms with van der Waals surface area (Å²) in [7, 11) is 6.50. The molecule has 0 atom stereocenters. The summed E-state index contributed by atoms with van der Waals surface area (Å²) in [6.45, 7) is 1.97. The van der Waals surface area contributed by atoms with Crippen LogP contribution in [0, 0.1) is 6.92 Å². The number of hydrogen-bond donors (Lipinski definition) is 0. The van der Waals surface area contributed by atoms with Crippen molar-refractivity contribution in [3.8, 4) is 34.3 Å². The first-order valence-corrected chi connectivity index (χ1v) is 7.87. The molecule has 2 aromatic carbocycles. The van der Waals surface area contributed by atoms with Crippen LogP contribution >= 0.6 is 0 Å². The summed E-state index contributed by atoms with van der Waals surface area (Å²) >= 11 is 0. The second-order valence-corrected chi connectivity index (χ2v) is 5.58. The molecule has 5 nitrogen and oxygen atoms in total. The van der Waals surface area contributed by atoms with E-state index in [1.54, 1.807) is 28.4 Å². The molecule has 0 aliphatic carbocycles. The van der Waals surface area contributed by atoms with Crippen molar-refractivity contribution in [2.24, 2.45) is 0 Å². The number of aryl methyl sites for hydroxylation is 1. The molecule has 0 aliphatic heterocycles. The number of fused-ring (bicyclic) bond motifs is 1. The molecule has 0 N–H and O–H groups in total. The zero-order chi connectivity index (χ0) is 18.0. The lowest BCUT2D eigenvalue weighted by molar-refractivity contribution is 0.355. The first kappa shape index (κ1) is 16.9. The van der Waals surface area contributed by atoms with Crippen LogP contribution in [0.1, 0.15) is 5.69 Å². The SMILES string of the molecule is COc1ccc(-c2nc(C)cc3ccc(OC)c(OC)c23)cc1OC. The van der Waals surface area contributed by atoms with Crippen molar-refractivity contribution in [3.05, 3.63) is 42.1 Å². The van der Waals surface area contributed by atoms with E-state index in [-0.39, 0.29) is 0 Å². The van der Waals surface area contributed by atoms with E-state index < -0.39 is 0 Å². The Morgan fingerprint density at radius 3 is 2.04 bits per heavy atom. The molecule has 0 unspecified atom stereocenters. The largest absolute Gasteiger partial charge is 0.493 e. The number of benzene rings is 2. The molecule has 130 valence electrons. The zero-order valence-electron chi connectivity index (χ0n) is 15.0. The third kappa shape index (κ3) is 2.93. The topological polar surface area (TPSA) is 49.8 Å². The Kier molecular flexibility index (Phi) is 4.65. The molecular formula is C20H21NO4. The van der Waals surface area contributed by atoms with Gasteiger partial charge in [-0.3, -0.25) is 4.98 Å². The Morgan fingerprint density at radius 2 is 1.40 bits per heavy atom. The third-order valence-electron chi connectivity index (χ3n) is 4.12. The maximum absolute atomic E-state index is 5.63. The molecule has 0 saturated carbocycles. The lowest BCUT2D eigenvalue weighted by Crippen LogP contribution is -1.97. The van der Waals surface area contributed by atoms with Gasteiger partial charge in [0.25, 0.3) is 0 Å². The number of rotatable bonds is 5. The summed E-state index contributed by atoms with van der Waals surface area (Å²) in [5.41, 5.74) is 2.65. The summed E-state index contributed by atoms with van der Waals surface area (Å²) in [6.07, 6.45) is 0. The van der Waals surface area contributed by atoms with Crippen LogP contribution in [0.4, 0.5) is 0 Å². The van der Waals surface area contributed by atoms with Gasteiger partial charge in [0.2, 0.25) is 0 Å². The van der Waals surface area contributed by atoms with Gasteiger partial charge in [-0.05, 0) is 42.6 Å². The minimum absolute atomic E-state index is 0.651. The highest BCUT2D eigenvalue weighted by Crippen LogP contribution is 2.42. The maximum Gasteiger partial charge on any atom is 0.170 e. The van der Waals surface area contributed by atoms with Gasteiger partial charge in [0.1, 0.15) is 0 Å². The molecule has 0 bridgehead atoms. The number of methoxy groups -OCH3 is 4. The van der Waals surface area contributed by atoms with E-state index in [0.717, 1.165) is 27.7 Å². The van der Waals surface area contributed by atoms with E-state index in [9.17, 15) is 0 Å². The van der Waals surface area contributed by atoms with Crippen LogP contribution in [0.2, 0.25) is 0 Å². The molecule has 1 aromatic heterocycles. The lowest BCUT2D eigenvalue weighted by Gasteiger charge is -2.15. The van der Waals surface area contributed by atoms with Crippen LogP contribution in [0.15, 0.2) is 36.4 Å². The predicted molar refractivity (Wildman–Crippen MR) is 98.1 cm³/mol. The Labute approximate surface area is 147 Å². The van der Waals surface area contributed by atoms with Crippen LogP contribution in [-0.2, 0) is 0 Å². The highest BCUT2D eigenvalue weighted by Gasteiger charge is 2.17. The fourth-order valence-corrected chi connectivity index (χ4v) is 2.99. The van der Waals surface area contributed by atoms with E-state index in [4.69, 9.17) is 23.9 Å². The summed E-state index contributed by atoms with van der Waals surface area (Å²) in [6, 6.07) is 11.7. The van der Waals surface area contributed by atoms with Gasteiger partial charge in [-0.1, -0.05) is 6.07 Å². The zero-order valence-corrected chi connectivity index (χ0v) is 15.0. The summed E-state index contributed by atoms with van der Waals surface area (Å²) in [5, 5.41) is 1.94. The summed E-state index contributed by atoms with van der Waals surface area (Å²) < 4.78 is 21.8. The predicted octanol–water partition coefficient (Wildman–Crippen LogP) is 4.24. The van der Waals surface area contributed by atoms with Crippen molar-refractivity contribution < 1.29 is 18.9 Å². The van der Waals surface area contributed by atoms with Crippen molar-refractivity contribution in [2.75, 3.05) is 28.4 Å². The molecule has 1 heterocycles. The van der Waals surface area contributed by atoms with E-state index in [1.165, 1.54) is 0 Å². The first-order valence-electron chi connectivity index (χ1n) is 7.87. The number of ether oxygens (including phenoxy) is 4. The Morgan fingerprint density at radius 1 is 0.720 bits per heavy atom. The van der Waals surface area contributed by atoms with Crippen LogP contribution in [0.3, 0.4) is 0 Å². The number of pyridine rings is 1. The molecule has 0 amide bonds. The molecule has 0 spiro atoms. The van der Waals surface area contributed by atoms with Crippen LogP contribution < -0.4 is 18.9 Å². The Balaban J connectivity index is 2.35. The van der Waals surface area contributed by atoms with Crippen LogP contribution in [-0.4, -0.2) is 33.4 Å². The quantitative estimate of drug-likeness (QED) is 0.696. The van der Waals surface area contributed by atoms with Crippen LogP contribution in [0.5, 0.6) is 23.0 Å². The first-order chi connectivity index (χ1) is 12.1. The summed E-state index contributed by atoms with van der Waals surface area (Å²) in [5.74, 6) is 2.66. The van der Waals surface area contributed by atoms with Gasteiger partial charge in [-0.25, -0.2) is 0 Å². The number of aromatic nitrogens is 1. The van der Waals surface area contributed by atoms with Crippen molar-refractivity contribution in [1.29, 1.82) is 0 Å². The highest BCUT2D eigenvalue weighted by molar-refractivity contribution is 6.01. The van der Waals surface area contributed by atoms with Gasteiger partial charge < -0.3 is 18.9 Å². The molecular weight excluding hydrogens is 318 g/mol. The monoisotopic (exact) mass is 339 g/mol. The van der Waals surface area contributed by atoms with E-state index in [1.807, 2.05) is 43.3 Å². The van der Waals surface area contributed by atoms with Crippen LogP contribution in [0.25, 0.3) is 22.0 Å². The van der Waals surface area contributed by atoms with E-state index >= 15 is 0 Å². The van der Waals surface area contributed by atoms with Crippen molar-refractivity contribution in [1.82, 2.24) is 4.98 Å². The normalized spacial score (nSPS) is 10.6. The minimum atomic E-state index is 0.651. The van der Waals surface area contributed by atoms with Gasteiger partial charge in [0.05, 0.1) is 39.5 Å². The van der Waals surface area contributed by atoms with Gasteiger partial charge in [0.15, 0.2) is 23.0 Å². The average Bonchev–Trinajstić information content (AvgIpc) is 2.65. The molecule has 3 rings (SSSR count). The molecule has 0 radical (unpaired) electrons. The van der Waals surface area contributed by atoms with Gasteiger partial charge >= 0.3 is 0 Å². The standard InChI is InChI=1S/C20H21NO4/c1-12-10-13-6-9-16(23-3)20(25-5)18(13)19(21-12)14-7-8-15(22-2)17(11-14)24-4/h6-11H,1-5H3. The minimum Gasteiger partial charge on any atom is -0.493 e. The second kappa shape index (κ2) is 6.89. The number of hydrogen-bond acceptors (Lipinski definition) is 5. The third-order valence-corrected chi connectivity index (χ3v) is 4.12. The van der Waals surface area contributed by atoms with Gasteiger partial charge in [0, 0.05) is 11.3 Å². The molecule has 0 fully saturated rings. The van der Waals surface area contributed by atoms with E-state index in [0.29, 0.717) is 23.0 Å². The average molecular weight is 339 g/mol. The molecule has 0 saturated heterocycles. The summed E-state index contributed by atoms with van der Waals surface area (Å²) in [4.78, 5) is 4.75. The van der Waals surface area contributed by atoms with Gasteiger partial charge in [-0.2, -0.15) is 0 Å². The second-order valence-electron chi connectivity index (χ2n) is 5.58. The van der Waals surface area contributed by atoms with Crippen molar-refractivity contribution >= 4 is 10.8 Å². The van der Waals surface area contributed by atoms with Crippen molar-refractivity contribution in [3.63, 3.8) is 0 Å². The maximum atomic E-state index is 5.63. The number of nitrogens with zero attached hydrogens (tertiary/aromatic N) is 1. The smallest absolute Gasteiger partial charge is 0.170 e. The fraction of sp³-hybridized carbons (Fsp3) is 0.250. The Bertz CT molecular complexity index is 921. The molecule has 5 heteroatoms. The Hall–Kier alpha value is -2.95. The molecule has 25 heavy (non-hydrogen) atoms.